The van der Waals surface area contributed by atoms with Crippen molar-refractivity contribution in [1.82, 2.24) is 0 Å². The minimum Gasteiger partial charge on any atom is -0.0496 e. The fourth-order valence-electron chi connectivity index (χ4n) is 8.74. The summed E-state index contributed by atoms with van der Waals surface area (Å²) in [5, 5.41) is 0. The van der Waals surface area contributed by atoms with Crippen molar-refractivity contribution in [3.63, 3.8) is 0 Å². The van der Waals surface area contributed by atoms with Crippen LogP contribution >= 0.6 is 0 Å². The molecule has 0 bridgehead atoms. The van der Waals surface area contributed by atoms with Gasteiger partial charge in [-0.3, -0.25) is 0 Å². The van der Waals surface area contributed by atoms with Gasteiger partial charge in [0.05, 0.1) is 0 Å². The number of hydrogen-bond acceptors (Lipinski definition) is 0. The highest BCUT2D eigenvalue weighted by Crippen LogP contribution is 2.79. The van der Waals surface area contributed by atoms with Gasteiger partial charge in [-0.2, -0.15) is 0 Å². The lowest BCUT2D eigenvalue weighted by Crippen LogP contribution is -2.14. The van der Waals surface area contributed by atoms with Gasteiger partial charge in [0.15, 0.2) is 0 Å². The van der Waals surface area contributed by atoms with Gasteiger partial charge in [0.2, 0.25) is 0 Å². The molecular formula is C16H22. The molecule has 0 nitrogen and oxygen atoms in total. The molecule has 0 N–H and O–H groups in total. The van der Waals surface area contributed by atoms with Crippen LogP contribution in [0.25, 0.3) is 0 Å². The maximum absolute atomic E-state index is 1.65. The maximum atomic E-state index is 1.65. The fraction of sp³-hybridized carbons (Fsp3) is 1.00. The Morgan fingerprint density at radius 1 is 0.312 bits per heavy atom. The van der Waals surface area contributed by atoms with Crippen molar-refractivity contribution in [3.05, 3.63) is 0 Å². The summed E-state index contributed by atoms with van der Waals surface area (Å²) in [6.45, 7) is 0. The molecular weight excluding hydrogens is 192 g/mol. The van der Waals surface area contributed by atoms with Crippen molar-refractivity contribution >= 4 is 0 Å². The van der Waals surface area contributed by atoms with E-state index >= 15 is 0 Å². The van der Waals surface area contributed by atoms with Crippen molar-refractivity contribution in [2.75, 3.05) is 0 Å². The van der Waals surface area contributed by atoms with E-state index in [1.54, 1.807) is 38.5 Å². The SMILES string of the molecule is C1C[C@@H]2C3C4C5[C@@H](CC[C@H]5[C@H]5CC[C@H]2C45)[C@H]13. The lowest BCUT2D eigenvalue weighted by molar-refractivity contribution is 0.284. The van der Waals surface area contributed by atoms with Crippen molar-refractivity contribution in [2.24, 2.45) is 59.2 Å². The molecule has 6 aliphatic rings. The van der Waals surface area contributed by atoms with Gasteiger partial charge in [0, 0.05) is 0 Å². The van der Waals surface area contributed by atoms with Gasteiger partial charge in [-0.25, -0.2) is 0 Å². The molecule has 0 heterocycles. The third-order valence-electron chi connectivity index (χ3n) is 8.45. The Kier molecular flexibility index (Phi) is 1.16. The van der Waals surface area contributed by atoms with Crippen LogP contribution in [0.3, 0.4) is 0 Å². The molecule has 86 valence electrons. The second-order valence-electron chi connectivity index (χ2n) is 8.02. The zero-order valence-corrected chi connectivity index (χ0v) is 10.0. The van der Waals surface area contributed by atoms with E-state index in [-0.39, 0.29) is 0 Å². The molecule has 0 aromatic heterocycles. The summed E-state index contributed by atoms with van der Waals surface area (Å²) in [7, 11) is 0. The Hall–Kier alpha value is 0. The largest absolute Gasteiger partial charge is 0.0496 e. The topological polar surface area (TPSA) is 0 Å². The predicted octanol–water partition coefficient (Wildman–Crippen LogP) is 3.57. The van der Waals surface area contributed by atoms with Crippen LogP contribution < -0.4 is 0 Å². The second kappa shape index (κ2) is 2.27. The highest BCUT2D eigenvalue weighted by molar-refractivity contribution is 5.22. The average molecular weight is 214 g/mol. The lowest BCUT2D eigenvalue weighted by Gasteiger charge is -2.19. The molecule has 6 aliphatic carbocycles. The highest BCUT2D eigenvalue weighted by Gasteiger charge is 2.74. The van der Waals surface area contributed by atoms with E-state index in [1.807, 2.05) is 0 Å². The van der Waals surface area contributed by atoms with Gasteiger partial charge in [0.1, 0.15) is 0 Å². The lowest BCUT2D eigenvalue weighted by atomic mass is 9.85. The van der Waals surface area contributed by atoms with Crippen LogP contribution in [-0.4, -0.2) is 0 Å². The van der Waals surface area contributed by atoms with Gasteiger partial charge in [-0.1, -0.05) is 0 Å². The monoisotopic (exact) mass is 214 g/mol. The average Bonchev–Trinajstić information content (AvgIpc) is 2.97. The van der Waals surface area contributed by atoms with Crippen LogP contribution in [0.1, 0.15) is 38.5 Å². The molecule has 6 saturated carbocycles. The predicted molar refractivity (Wildman–Crippen MR) is 62.6 cm³/mol. The summed E-state index contributed by atoms with van der Waals surface area (Å²) in [6, 6.07) is 0. The van der Waals surface area contributed by atoms with Gasteiger partial charge < -0.3 is 0 Å². The van der Waals surface area contributed by atoms with Crippen LogP contribution in [0.4, 0.5) is 0 Å². The smallest absolute Gasteiger partial charge is 0.0313 e. The Morgan fingerprint density at radius 3 is 0.812 bits per heavy atom. The standard InChI is InChI=1S/C16H22/c1-2-8-10-5-6-12-11-4-3-9-7(1)13(8)16(14(9)11)15(10)12/h7-16H,1-6H2/t7-,8-,9-,10+,11-,12+,13?,14?,15?,16?/m0/s1. The molecule has 16 heavy (non-hydrogen) atoms. The normalized spacial score (nSPS) is 76.5. The zero-order valence-electron chi connectivity index (χ0n) is 10.0. The van der Waals surface area contributed by atoms with E-state index in [0.717, 1.165) is 0 Å². The zero-order chi connectivity index (χ0) is 10.0. The van der Waals surface area contributed by atoms with E-state index in [9.17, 15) is 0 Å². The number of rotatable bonds is 0. The van der Waals surface area contributed by atoms with Crippen molar-refractivity contribution in [2.45, 2.75) is 38.5 Å². The van der Waals surface area contributed by atoms with Gasteiger partial charge >= 0.3 is 0 Å². The molecule has 6 fully saturated rings. The fourth-order valence-corrected chi connectivity index (χ4v) is 8.74. The summed E-state index contributed by atoms with van der Waals surface area (Å²) in [4.78, 5) is 0. The Labute approximate surface area is 98.2 Å². The van der Waals surface area contributed by atoms with E-state index in [0.29, 0.717) is 0 Å². The molecule has 6 rings (SSSR count). The molecule has 0 aromatic rings. The summed E-state index contributed by atoms with van der Waals surface area (Å²) in [5.74, 6) is 12.5. The number of hydrogen-bond donors (Lipinski definition) is 0. The van der Waals surface area contributed by atoms with Crippen molar-refractivity contribution < 1.29 is 0 Å². The Bertz CT molecular complexity index is 285. The molecule has 0 aliphatic heterocycles. The molecule has 8 atom stereocenters. The molecule has 0 aromatic carbocycles. The summed E-state index contributed by atoms with van der Waals surface area (Å²) >= 11 is 0. The summed E-state index contributed by atoms with van der Waals surface area (Å²) < 4.78 is 0. The first-order valence-corrected chi connectivity index (χ1v) is 7.95. The highest BCUT2D eigenvalue weighted by atomic mass is 14.8. The van der Waals surface area contributed by atoms with Crippen LogP contribution in [-0.2, 0) is 0 Å². The molecule has 0 saturated heterocycles. The quantitative estimate of drug-likeness (QED) is 0.578. The number of fused-ring (bicyclic) bond motifs is 3. The van der Waals surface area contributed by atoms with E-state index in [2.05, 4.69) is 0 Å². The maximum Gasteiger partial charge on any atom is -0.0313 e. The molecule has 0 spiro atoms. The van der Waals surface area contributed by atoms with E-state index in [1.165, 1.54) is 59.2 Å². The van der Waals surface area contributed by atoms with Crippen molar-refractivity contribution in [3.8, 4) is 0 Å². The minimum atomic E-state index is 1.23. The van der Waals surface area contributed by atoms with Gasteiger partial charge in [-0.15, -0.1) is 0 Å². The first-order chi connectivity index (χ1) is 7.95. The van der Waals surface area contributed by atoms with Crippen LogP contribution in [0, 0.1) is 59.2 Å². The first-order valence-electron chi connectivity index (χ1n) is 7.95. The molecule has 0 heteroatoms. The summed E-state index contributed by atoms with van der Waals surface area (Å²) in [6.07, 6.45) is 9.88. The Morgan fingerprint density at radius 2 is 0.562 bits per heavy atom. The van der Waals surface area contributed by atoms with Gasteiger partial charge in [0.25, 0.3) is 0 Å². The second-order valence-corrected chi connectivity index (χ2v) is 8.02. The van der Waals surface area contributed by atoms with Crippen molar-refractivity contribution in [1.29, 1.82) is 0 Å². The third kappa shape index (κ3) is 0.596. The summed E-state index contributed by atoms with van der Waals surface area (Å²) in [5.41, 5.74) is 0. The molecule has 0 amide bonds. The van der Waals surface area contributed by atoms with Crippen LogP contribution in [0.2, 0.25) is 0 Å². The molecule has 2 unspecified atom stereocenters. The van der Waals surface area contributed by atoms with Crippen LogP contribution in [0.15, 0.2) is 0 Å². The van der Waals surface area contributed by atoms with E-state index < -0.39 is 0 Å². The van der Waals surface area contributed by atoms with E-state index in [4.69, 9.17) is 0 Å². The minimum absolute atomic E-state index is 1.23. The Balaban J connectivity index is 1.62. The first kappa shape index (κ1) is 8.16. The molecule has 0 radical (unpaired) electrons. The van der Waals surface area contributed by atoms with Crippen LogP contribution in [0.5, 0.6) is 0 Å². The third-order valence-corrected chi connectivity index (χ3v) is 8.45. The van der Waals surface area contributed by atoms with Gasteiger partial charge in [-0.05, 0) is 97.7 Å².